The van der Waals surface area contributed by atoms with Gasteiger partial charge in [0.2, 0.25) is 22.7 Å². The van der Waals surface area contributed by atoms with Crippen LogP contribution in [0.15, 0.2) is 24.3 Å². The Morgan fingerprint density at radius 3 is 2.26 bits per heavy atom. The summed E-state index contributed by atoms with van der Waals surface area (Å²) in [5.41, 5.74) is 4.55. The summed E-state index contributed by atoms with van der Waals surface area (Å²) in [6.45, 7) is 0. The number of anilines is 1. The number of nitrogens with one attached hydrogen (secondary N) is 1. The summed E-state index contributed by atoms with van der Waals surface area (Å²) in [6, 6.07) is 6.69. The van der Waals surface area contributed by atoms with E-state index in [1.54, 1.807) is 24.3 Å². The third kappa shape index (κ3) is 3.17. The van der Waals surface area contributed by atoms with Gasteiger partial charge in [-0.25, -0.2) is 8.42 Å². The SMILES string of the molecule is NC(=O)C12CC3CC(C1)C(NC(=O)C1(N(c4ccccc4Cl)[SH](=O)=O)CCC1)C(C3)C2. The molecule has 2 unspecified atom stereocenters. The van der Waals surface area contributed by atoms with Crippen LogP contribution in [0.1, 0.15) is 51.4 Å². The Morgan fingerprint density at radius 2 is 1.74 bits per heavy atom. The van der Waals surface area contributed by atoms with Crippen LogP contribution in [0.3, 0.4) is 0 Å². The number of nitrogens with two attached hydrogens (primary N) is 1. The highest BCUT2D eigenvalue weighted by atomic mass is 35.5. The maximum atomic E-state index is 13.6. The Morgan fingerprint density at radius 1 is 1.10 bits per heavy atom. The minimum Gasteiger partial charge on any atom is -0.369 e. The lowest BCUT2D eigenvalue weighted by atomic mass is 9.47. The van der Waals surface area contributed by atoms with Gasteiger partial charge in [0.1, 0.15) is 5.54 Å². The maximum absolute atomic E-state index is 13.6. The number of hydrogen-bond donors (Lipinski definition) is 3. The Bertz CT molecular complexity index is 984. The fourth-order valence-electron chi connectivity index (χ4n) is 6.99. The van der Waals surface area contributed by atoms with Gasteiger partial charge in [-0.3, -0.25) is 13.9 Å². The molecule has 1 aromatic rings. The maximum Gasteiger partial charge on any atom is 0.247 e. The van der Waals surface area contributed by atoms with E-state index in [0.717, 1.165) is 38.5 Å². The van der Waals surface area contributed by atoms with Gasteiger partial charge < -0.3 is 11.1 Å². The van der Waals surface area contributed by atoms with E-state index in [0.29, 0.717) is 29.5 Å². The molecule has 0 aromatic heterocycles. The number of carbonyl (C=O) groups is 2. The van der Waals surface area contributed by atoms with Crippen LogP contribution in [-0.4, -0.2) is 31.8 Å². The average molecular weight is 466 g/mol. The van der Waals surface area contributed by atoms with E-state index in [1.165, 1.54) is 4.31 Å². The molecule has 2 amide bonds. The zero-order valence-electron chi connectivity index (χ0n) is 17.3. The van der Waals surface area contributed by atoms with E-state index >= 15 is 0 Å². The first kappa shape index (κ1) is 21.1. The van der Waals surface area contributed by atoms with Crippen LogP contribution >= 0.6 is 11.6 Å². The summed E-state index contributed by atoms with van der Waals surface area (Å²) < 4.78 is 25.8. The molecule has 0 spiro atoms. The first-order valence-electron chi connectivity index (χ1n) is 11.1. The smallest absolute Gasteiger partial charge is 0.247 e. The molecule has 168 valence electrons. The van der Waals surface area contributed by atoms with Crippen molar-refractivity contribution in [2.75, 3.05) is 4.31 Å². The van der Waals surface area contributed by atoms with Gasteiger partial charge in [-0.15, -0.1) is 0 Å². The Kier molecular flexibility index (Phi) is 5.01. The molecule has 5 aliphatic carbocycles. The normalized spacial score (nSPS) is 34.9. The van der Waals surface area contributed by atoms with Crippen LogP contribution < -0.4 is 15.4 Å². The van der Waals surface area contributed by atoms with Crippen molar-refractivity contribution in [3.8, 4) is 0 Å². The molecule has 5 saturated carbocycles. The van der Waals surface area contributed by atoms with Crippen molar-refractivity contribution < 1.29 is 18.0 Å². The summed E-state index contributed by atoms with van der Waals surface area (Å²) in [6.07, 6.45) is 6.00. The van der Waals surface area contributed by atoms with Crippen LogP contribution in [0.2, 0.25) is 5.02 Å². The van der Waals surface area contributed by atoms with Gasteiger partial charge in [-0.1, -0.05) is 23.7 Å². The summed E-state index contributed by atoms with van der Waals surface area (Å²) in [4.78, 5) is 25.8. The first-order valence-corrected chi connectivity index (χ1v) is 12.6. The highest BCUT2D eigenvalue weighted by molar-refractivity contribution is 7.74. The third-order valence-corrected chi connectivity index (χ3v) is 9.59. The highest BCUT2D eigenvalue weighted by Gasteiger charge is 2.59. The van der Waals surface area contributed by atoms with Crippen LogP contribution in [0, 0.1) is 23.2 Å². The van der Waals surface area contributed by atoms with E-state index in [1.807, 2.05) is 0 Å². The quantitative estimate of drug-likeness (QED) is 0.560. The van der Waals surface area contributed by atoms with Crippen LogP contribution in [0.25, 0.3) is 0 Å². The second-order valence-corrected chi connectivity index (χ2v) is 11.3. The van der Waals surface area contributed by atoms with E-state index in [9.17, 15) is 18.0 Å². The van der Waals surface area contributed by atoms with Gasteiger partial charge in [-0.2, -0.15) is 0 Å². The fraction of sp³-hybridized carbons (Fsp3) is 0.636. The molecule has 5 fully saturated rings. The summed E-state index contributed by atoms with van der Waals surface area (Å²) in [5.74, 6) is 0.472. The Hall–Kier alpha value is -1.80. The number of rotatable bonds is 6. The van der Waals surface area contributed by atoms with Gasteiger partial charge in [-0.05, 0) is 81.3 Å². The number of benzene rings is 1. The minimum absolute atomic E-state index is 0.0355. The predicted octanol–water partition coefficient (Wildman–Crippen LogP) is 2.39. The molecule has 4 bridgehead atoms. The average Bonchev–Trinajstić information content (AvgIpc) is 2.67. The summed E-state index contributed by atoms with van der Waals surface area (Å²) >= 11 is 6.31. The van der Waals surface area contributed by atoms with Crippen molar-refractivity contribution >= 4 is 40.0 Å². The molecule has 31 heavy (non-hydrogen) atoms. The molecule has 5 aliphatic rings. The standard InChI is InChI=1S/C22H28ClN3O4S/c23-16-4-1-2-5-17(16)26(31(29)30)22(6-3-7-22)20(28)25-18-14-8-13-9-15(18)12-21(10-13,11-14)19(24)27/h1-2,4-5,13-15,18,31H,3,6-12H2,(H2,24,27)(H,25,28). The lowest BCUT2D eigenvalue weighted by Gasteiger charge is -2.59. The molecular weight excluding hydrogens is 438 g/mol. The van der Waals surface area contributed by atoms with E-state index < -0.39 is 21.8 Å². The van der Waals surface area contributed by atoms with Crippen molar-refractivity contribution in [2.45, 2.75) is 62.9 Å². The van der Waals surface area contributed by atoms with E-state index in [-0.39, 0.29) is 29.7 Å². The van der Waals surface area contributed by atoms with Gasteiger partial charge in [0.15, 0.2) is 0 Å². The number of hydrogen-bond acceptors (Lipinski definition) is 4. The molecule has 1 aromatic carbocycles. The third-order valence-electron chi connectivity index (χ3n) is 8.35. The van der Waals surface area contributed by atoms with Crippen molar-refractivity contribution in [3.05, 3.63) is 29.3 Å². The Labute approximate surface area is 188 Å². The molecule has 0 radical (unpaired) electrons. The number of carbonyl (C=O) groups excluding carboxylic acids is 2. The lowest BCUT2D eigenvalue weighted by molar-refractivity contribution is -0.148. The fourth-order valence-corrected chi connectivity index (χ4v) is 8.23. The molecule has 0 saturated heterocycles. The second kappa shape index (κ2) is 7.37. The highest BCUT2D eigenvalue weighted by Crippen LogP contribution is 2.60. The van der Waals surface area contributed by atoms with Crippen molar-refractivity contribution in [1.29, 1.82) is 0 Å². The number of thiol groups is 1. The molecule has 0 heterocycles. The van der Waals surface area contributed by atoms with Gasteiger partial charge in [0.25, 0.3) is 0 Å². The summed E-state index contributed by atoms with van der Waals surface area (Å²) in [7, 11) is -3.06. The molecule has 2 atom stereocenters. The number of nitrogens with zero attached hydrogens (tertiary/aromatic N) is 1. The zero-order chi connectivity index (χ0) is 22.0. The topological polar surface area (TPSA) is 110 Å². The monoisotopic (exact) mass is 465 g/mol. The molecular formula is C22H28ClN3O4S. The van der Waals surface area contributed by atoms with Crippen molar-refractivity contribution in [1.82, 2.24) is 5.32 Å². The number of halogens is 1. The largest absolute Gasteiger partial charge is 0.369 e. The van der Waals surface area contributed by atoms with Crippen LogP contribution in [-0.2, 0) is 20.5 Å². The van der Waals surface area contributed by atoms with Gasteiger partial charge in [0, 0.05) is 11.5 Å². The minimum atomic E-state index is -3.06. The first-order chi connectivity index (χ1) is 14.8. The number of primary amides is 1. The second-order valence-electron chi connectivity index (χ2n) is 10.00. The number of amides is 2. The van der Waals surface area contributed by atoms with Crippen LogP contribution in [0.5, 0.6) is 0 Å². The number of para-hydroxylation sites is 1. The molecule has 6 rings (SSSR count). The molecule has 7 nitrogen and oxygen atoms in total. The van der Waals surface area contributed by atoms with Gasteiger partial charge >= 0.3 is 0 Å². The van der Waals surface area contributed by atoms with Crippen molar-refractivity contribution in [3.63, 3.8) is 0 Å². The molecule has 3 N–H and O–H groups in total. The molecule has 9 heteroatoms. The van der Waals surface area contributed by atoms with Crippen molar-refractivity contribution in [2.24, 2.45) is 28.9 Å². The van der Waals surface area contributed by atoms with E-state index in [4.69, 9.17) is 17.3 Å². The van der Waals surface area contributed by atoms with Gasteiger partial charge in [0.05, 0.1) is 10.7 Å². The van der Waals surface area contributed by atoms with Crippen LogP contribution in [0.4, 0.5) is 5.69 Å². The summed E-state index contributed by atoms with van der Waals surface area (Å²) in [5, 5.41) is 3.55. The van der Waals surface area contributed by atoms with E-state index in [2.05, 4.69) is 5.32 Å². The molecule has 0 aliphatic heterocycles. The Balaban J connectivity index is 1.42. The zero-order valence-corrected chi connectivity index (χ0v) is 18.9. The predicted molar refractivity (Wildman–Crippen MR) is 118 cm³/mol. The lowest BCUT2D eigenvalue weighted by Crippen LogP contribution is -2.68.